The molecule has 3 rings (SSSR count). The third-order valence-electron chi connectivity index (χ3n) is 5.19. The molecule has 6 heteroatoms. The van der Waals surface area contributed by atoms with E-state index in [9.17, 15) is 14.4 Å². The highest BCUT2D eigenvalue weighted by atomic mass is 16.2. The minimum Gasteiger partial charge on any atom is -0.339 e. The Hall–Kier alpha value is -2.37. The summed E-state index contributed by atoms with van der Waals surface area (Å²) in [5.41, 5.74) is 1.16. The van der Waals surface area contributed by atoms with E-state index in [0.717, 1.165) is 19.3 Å². The van der Waals surface area contributed by atoms with Gasteiger partial charge >= 0.3 is 0 Å². The number of amides is 3. The zero-order valence-corrected chi connectivity index (χ0v) is 15.5. The molecular formula is C20H27N3O3. The lowest BCUT2D eigenvalue weighted by atomic mass is 10.1. The first-order valence-electron chi connectivity index (χ1n) is 9.55. The number of nitrogens with one attached hydrogen (secondary N) is 1. The SMILES string of the molecule is CCN(CC)C(=O)c1cccc(NC(=O)C2CCCN2C(=O)C2CC2)c1. The number of anilines is 1. The van der Waals surface area contributed by atoms with Crippen LogP contribution in [0.3, 0.4) is 0 Å². The van der Waals surface area contributed by atoms with E-state index in [1.54, 1.807) is 34.1 Å². The van der Waals surface area contributed by atoms with Crippen LogP contribution in [0.25, 0.3) is 0 Å². The van der Waals surface area contributed by atoms with Crippen LogP contribution in [0.4, 0.5) is 5.69 Å². The Balaban J connectivity index is 1.68. The Bertz CT molecular complexity index is 695. The van der Waals surface area contributed by atoms with E-state index in [4.69, 9.17) is 0 Å². The molecule has 1 unspecified atom stereocenters. The molecule has 1 aromatic carbocycles. The number of nitrogens with zero attached hydrogens (tertiary/aromatic N) is 2. The van der Waals surface area contributed by atoms with Crippen molar-refractivity contribution < 1.29 is 14.4 Å². The van der Waals surface area contributed by atoms with Crippen molar-refractivity contribution in [2.45, 2.75) is 45.6 Å². The van der Waals surface area contributed by atoms with Crippen molar-refractivity contribution in [1.82, 2.24) is 9.80 Å². The molecule has 2 fully saturated rings. The van der Waals surface area contributed by atoms with E-state index in [-0.39, 0.29) is 23.6 Å². The zero-order chi connectivity index (χ0) is 18.7. The summed E-state index contributed by atoms with van der Waals surface area (Å²) in [6, 6.07) is 6.62. The van der Waals surface area contributed by atoms with Gasteiger partial charge in [-0.3, -0.25) is 14.4 Å². The molecule has 1 aliphatic heterocycles. The largest absolute Gasteiger partial charge is 0.339 e. The fraction of sp³-hybridized carbons (Fsp3) is 0.550. The van der Waals surface area contributed by atoms with Gasteiger partial charge in [0, 0.05) is 36.8 Å². The molecule has 6 nitrogen and oxygen atoms in total. The summed E-state index contributed by atoms with van der Waals surface area (Å²) in [4.78, 5) is 41.0. The molecule has 1 saturated heterocycles. The molecule has 0 aromatic heterocycles. The fourth-order valence-electron chi connectivity index (χ4n) is 3.52. The van der Waals surface area contributed by atoms with E-state index >= 15 is 0 Å². The lowest BCUT2D eigenvalue weighted by Crippen LogP contribution is -2.43. The number of hydrogen-bond donors (Lipinski definition) is 1. The average molecular weight is 357 g/mol. The minimum absolute atomic E-state index is 0.0440. The number of hydrogen-bond acceptors (Lipinski definition) is 3. The van der Waals surface area contributed by atoms with E-state index in [2.05, 4.69) is 5.32 Å². The number of likely N-dealkylation sites (tertiary alicyclic amines) is 1. The van der Waals surface area contributed by atoms with Crippen molar-refractivity contribution in [2.75, 3.05) is 25.0 Å². The normalized spacial score (nSPS) is 19.3. The summed E-state index contributed by atoms with van der Waals surface area (Å²) in [6.07, 6.45) is 3.44. The van der Waals surface area contributed by atoms with Gasteiger partial charge in [0.15, 0.2) is 0 Å². The topological polar surface area (TPSA) is 69.7 Å². The summed E-state index contributed by atoms with van der Waals surface area (Å²) in [5, 5.41) is 2.89. The van der Waals surface area contributed by atoms with Gasteiger partial charge in [0.05, 0.1) is 0 Å². The lowest BCUT2D eigenvalue weighted by Gasteiger charge is -2.24. The van der Waals surface area contributed by atoms with Gasteiger partial charge in [-0.05, 0) is 57.7 Å². The van der Waals surface area contributed by atoms with Crippen LogP contribution in [0.5, 0.6) is 0 Å². The predicted octanol–water partition coefficient (Wildman–Crippen LogP) is 2.51. The van der Waals surface area contributed by atoms with Crippen molar-refractivity contribution in [3.63, 3.8) is 0 Å². The summed E-state index contributed by atoms with van der Waals surface area (Å²) in [5.74, 6) is 0.0352. The van der Waals surface area contributed by atoms with Crippen LogP contribution < -0.4 is 5.32 Å². The fourth-order valence-corrected chi connectivity index (χ4v) is 3.52. The highest BCUT2D eigenvalue weighted by Crippen LogP contribution is 2.33. The molecule has 26 heavy (non-hydrogen) atoms. The van der Waals surface area contributed by atoms with Crippen LogP contribution in [-0.2, 0) is 9.59 Å². The summed E-state index contributed by atoms with van der Waals surface area (Å²) >= 11 is 0. The van der Waals surface area contributed by atoms with Crippen LogP contribution in [0.2, 0.25) is 0 Å². The highest BCUT2D eigenvalue weighted by Gasteiger charge is 2.40. The summed E-state index contributed by atoms with van der Waals surface area (Å²) < 4.78 is 0. The second-order valence-corrected chi connectivity index (χ2v) is 7.01. The van der Waals surface area contributed by atoms with Gasteiger partial charge in [0.25, 0.3) is 5.91 Å². The maximum Gasteiger partial charge on any atom is 0.253 e. The second kappa shape index (κ2) is 7.89. The van der Waals surface area contributed by atoms with Crippen molar-refractivity contribution in [3.05, 3.63) is 29.8 Å². The van der Waals surface area contributed by atoms with E-state index in [1.165, 1.54) is 0 Å². The van der Waals surface area contributed by atoms with Crippen LogP contribution in [0.1, 0.15) is 49.9 Å². The third-order valence-corrected chi connectivity index (χ3v) is 5.19. The van der Waals surface area contributed by atoms with Crippen LogP contribution in [-0.4, -0.2) is 53.2 Å². The molecule has 1 heterocycles. The molecular weight excluding hydrogens is 330 g/mol. The van der Waals surface area contributed by atoms with E-state index in [0.29, 0.717) is 37.3 Å². The molecule has 2 aliphatic rings. The van der Waals surface area contributed by atoms with Gasteiger partial charge < -0.3 is 15.1 Å². The number of benzene rings is 1. The van der Waals surface area contributed by atoms with E-state index in [1.807, 2.05) is 13.8 Å². The monoisotopic (exact) mass is 357 g/mol. The Morgan fingerprint density at radius 2 is 1.88 bits per heavy atom. The maximum atomic E-state index is 12.7. The first-order chi connectivity index (χ1) is 12.5. The molecule has 1 saturated carbocycles. The second-order valence-electron chi connectivity index (χ2n) is 7.01. The summed E-state index contributed by atoms with van der Waals surface area (Å²) in [7, 11) is 0. The van der Waals surface area contributed by atoms with Gasteiger partial charge in [-0.15, -0.1) is 0 Å². The number of carbonyl (C=O) groups is 3. The van der Waals surface area contributed by atoms with Crippen LogP contribution in [0.15, 0.2) is 24.3 Å². The van der Waals surface area contributed by atoms with Crippen molar-refractivity contribution in [2.24, 2.45) is 5.92 Å². The molecule has 0 bridgehead atoms. The smallest absolute Gasteiger partial charge is 0.253 e. The Labute approximate surface area is 154 Å². The van der Waals surface area contributed by atoms with Gasteiger partial charge in [-0.1, -0.05) is 6.07 Å². The highest BCUT2D eigenvalue weighted by molar-refractivity contribution is 6.00. The van der Waals surface area contributed by atoms with Crippen molar-refractivity contribution >= 4 is 23.4 Å². The molecule has 1 N–H and O–H groups in total. The van der Waals surface area contributed by atoms with Crippen molar-refractivity contribution in [1.29, 1.82) is 0 Å². The van der Waals surface area contributed by atoms with Gasteiger partial charge in [-0.2, -0.15) is 0 Å². The van der Waals surface area contributed by atoms with Crippen molar-refractivity contribution in [3.8, 4) is 0 Å². The van der Waals surface area contributed by atoms with Gasteiger partial charge in [-0.25, -0.2) is 0 Å². The molecule has 140 valence electrons. The Morgan fingerprint density at radius 3 is 2.54 bits per heavy atom. The molecule has 3 amide bonds. The molecule has 1 aliphatic carbocycles. The third kappa shape index (κ3) is 3.89. The zero-order valence-electron chi connectivity index (χ0n) is 15.5. The standard InChI is InChI=1S/C20H27N3O3/c1-3-22(4-2)19(25)15-7-5-8-16(13-15)21-18(24)17-9-6-12-23(17)20(26)14-10-11-14/h5,7-8,13-14,17H,3-4,6,9-12H2,1-2H3,(H,21,24). The Morgan fingerprint density at radius 1 is 1.15 bits per heavy atom. The molecule has 0 spiro atoms. The lowest BCUT2D eigenvalue weighted by molar-refractivity contribution is -0.137. The summed E-state index contributed by atoms with van der Waals surface area (Å²) in [6.45, 7) is 5.84. The average Bonchev–Trinajstić information content (AvgIpc) is 3.38. The van der Waals surface area contributed by atoms with Gasteiger partial charge in [0.2, 0.25) is 11.8 Å². The van der Waals surface area contributed by atoms with E-state index < -0.39 is 6.04 Å². The predicted molar refractivity (Wildman–Crippen MR) is 99.8 cm³/mol. The van der Waals surface area contributed by atoms with Crippen LogP contribution in [0, 0.1) is 5.92 Å². The maximum absolute atomic E-state index is 12.7. The Kier molecular flexibility index (Phi) is 5.59. The number of carbonyl (C=O) groups excluding carboxylic acids is 3. The first kappa shape index (κ1) is 18.4. The van der Waals surface area contributed by atoms with Gasteiger partial charge in [0.1, 0.15) is 6.04 Å². The quantitative estimate of drug-likeness (QED) is 0.850. The molecule has 0 radical (unpaired) electrons. The number of rotatable bonds is 6. The molecule has 1 aromatic rings. The van der Waals surface area contributed by atoms with Crippen LogP contribution >= 0.6 is 0 Å². The molecule has 1 atom stereocenters. The minimum atomic E-state index is -0.398. The first-order valence-corrected chi connectivity index (χ1v) is 9.55.